The molecule has 0 aromatic heterocycles. The van der Waals surface area contributed by atoms with Gasteiger partial charge >= 0.3 is 39.5 Å². The fourth-order valence-corrected chi connectivity index (χ4v) is 12.0. The second-order valence-corrected chi connectivity index (χ2v) is 29.5. The van der Waals surface area contributed by atoms with Gasteiger partial charge in [0.15, 0.2) is 12.2 Å². The predicted molar refractivity (Wildman–Crippen MR) is 427 cm³/mol. The number of hydrogen-bond donors (Lipinski definition) is 3. The number of hydrogen-bond acceptors (Lipinski definition) is 15. The van der Waals surface area contributed by atoms with E-state index < -0.39 is 97.5 Å². The van der Waals surface area contributed by atoms with Gasteiger partial charge < -0.3 is 33.8 Å². The van der Waals surface area contributed by atoms with E-state index in [-0.39, 0.29) is 25.7 Å². The molecule has 0 saturated carbocycles. The number of phosphoric acid groups is 2. The molecule has 0 saturated heterocycles. The molecule has 19 heteroatoms. The zero-order chi connectivity index (χ0) is 76.0. The van der Waals surface area contributed by atoms with Crippen LogP contribution in [-0.2, 0) is 65.4 Å². The molecule has 104 heavy (non-hydrogen) atoms. The topological polar surface area (TPSA) is 237 Å². The predicted octanol–water partition coefficient (Wildman–Crippen LogP) is 23.7. The molecule has 0 aliphatic heterocycles. The third-order valence-corrected chi connectivity index (χ3v) is 18.5. The van der Waals surface area contributed by atoms with Gasteiger partial charge in [0.2, 0.25) is 0 Å². The lowest BCUT2D eigenvalue weighted by Crippen LogP contribution is -2.30. The van der Waals surface area contributed by atoms with E-state index in [0.717, 1.165) is 205 Å². The summed E-state index contributed by atoms with van der Waals surface area (Å²) in [5.74, 6) is -2.24. The zero-order valence-corrected chi connectivity index (χ0v) is 66.9. The normalized spacial score (nSPS) is 14.6. The van der Waals surface area contributed by atoms with Crippen molar-refractivity contribution >= 4 is 39.5 Å². The number of allylic oxidation sites excluding steroid dienone is 22. The molecular formula is C85H144O17P2. The Labute approximate surface area is 631 Å². The first-order valence-electron chi connectivity index (χ1n) is 40.4. The van der Waals surface area contributed by atoms with Crippen LogP contribution in [0.1, 0.15) is 323 Å². The lowest BCUT2D eigenvalue weighted by Gasteiger charge is -2.21. The minimum atomic E-state index is -4.99. The molecule has 0 bridgehead atoms. The van der Waals surface area contributed by atoms with E-state index in [0.29, 0.717) is 25.7 Å². The lowest BCUT2D eigenvalue weighted by molar-refractivity contribution is -0.161. The van der Waals surface area contributed by atoms with Crippen LogP contribution in [0.4, 0.5) is 0 Å². The second kappa shape index (κ2) is 76.4. The van der Waals surface area contributed by atoms with Gasteiger partial charge in [0.1, 0.15) is 19.3 Å². The molecule has 3 N–H and O–H groups in total. The fourth-order valence-electron chi connectivity index (χ4n) is 10.4. The SMILES string of the molecule is CC/C=C\C/C=C\C/C=C\C/C=C\CCCCCCC(=O)OCC(COP(=O)(O)OCC(O)COP(=O)(O)OCC(COC(=O)CCCCCCCC/C=C\C/C=C\C/C=C\CCCCC)OC(=O)CCCCCCC/C=C\C/C=C\CCCCC)OC(=O)CCCCCCC/C=C\C/C=C\CCC. The van der Waals surface area contributed by atoms with Crippen molar-refractivity contribution in [3.63, 3.8) is 0 Å². The molecule has 0 aliphatic rings. The summed E-state index contributed by atoms with van der Waals surface area (Å²) in [7, 11) is -9.98. The monoisotopic (exact) mass is 1500 g/mol. The largest absolute Gasteiger partial charge is 0.472 e. The Bertz CT molecular complexity index is 2490. The van der Waals surface area contributed by atoms with Crippen molar-refractivity contribution in [2.45, 2.75) is 341 Å². The van der Waals surface area contributed by atoms with Crippen LogP contribution in [0.3, 0.4) is 0 Å². The highest BCUT2D eigenvalue weighted by Crippen LogP contribution is 2.45. The lowest BCUT2D eigenvalue weighted by atomic mass is 10.1. The molecule has 17 nitrogen and oxygen atoms in total. The van der Waals surface area contributed by atoms with Crippen LogP contribution in [-0.4, -0.2) is 96.7 Å². The number of phosphoric ester groups is 2. The Morgan fingerprint density at radius 2 is 0.519 bits per heavy atom. The second-order valence-electron chi connectivity index (χ2n) is 26.6. The minimum absolute atomic E-state index is 0.0695. The van der Waals surface area contributed by atoms with Crippen LogP contribution in [0.2, 0.25) is 0 Å². The van der Waals surface area contributed by atoms with Crippen molar-refractivity contribution < 1.29 is 80.2 Å². The van der Waals surface area contributed by atoms with Gasteiger partial charge in [-0.1, -0.05) is 271 Å². The van der Waals surface area contributed by atoms with E-state index in [1.807, 2.05) is 0 Å². The van der Waals surface area contributed by atoms with E-state index in [1.54, 1.807) is 0 Å². The van der Waals surface area contributed by atoms with Crippen molar-refractivity contribution in [2.75, 3.05) is 39.6 Å². The summed E-state index contributed by atoms with van der Waals surface area (Å²) in [4.78, 5) is 73.0. The molecule has 5 unspecified atom stereocenters. The number of rotatable bonds is 75. The van der Waals surface area contributed by atoms with Crippen molar-refractivity contribution in [1.29, 1.82) is 0 Å². The Hall–Kier alpha value is -4.80. The number of aliphatic hydroxyl groups excluding tert-OH is 1. The van der Waals surface area contributed by atoms with Crippen molar-refractivity contribution in [1.82, 2.24) is 0 Å². The summed E-state index contributed by atoms with van der Waals surface area (Å²) in [5, 5.41) is 10.6. The van der Waals surface area contributed by atoms with E-state index >= 15 is 0 Å². The number of carbonyl (C=O) groups excluding carboxylic acids is 4. The van der Waals surface area contributed by atoms with Crippen molar-refractivity contribution in [3.8, 4) is 0 Å². The smallest absolute Gasteiger partial charge is 0.462 e. The van der Waals surface area contributed by atoms with Gasteiger partial charge in [0, 0.05) is 25.7 Å². The number of ether oxygens (including phenoxy) is 4. The average molecular weight is 1500 g/mol. The summed E-state index contributed by atoms with van der Waals surface area (Å²) in [6, 6.07) is 0. The van der Waals surface area contributed by atoms with E-state index in [4.69, 9.17) is 37.0 Å². The van der Waals surface area contributed by atoms with E-state index in [1.165, 1.54) is 38.5 Å². The molecule has 0 aromatic rings. The number of esters is 4. The summed E-state index contributed by atoms with van der Waals surface area (Å²) in [6.45, 7) is 4.58. The molecule has 0 radical (unpaired) electrons. The van der Waals surface area contributed by atoms with Gasteiger partial charge in [-0.25, -0.2) is 9.13 Å². The maximum Gasteiger partial charge on any atom is 0.472 e. The maximum absolute atomic E-state index is 13.1. The summed E-state index contributed by atoms with van der Waals surface area (Å²) in [6.07, 6.45) is 85.6. The highest BCUT2D eigenvalue weighted by molar-refractivity contribution is 7.47. The van der Waals surface area contributed by atoms with Gasteiger partial charge in [-0.2, -0.15) is 0 Å². The zero-order valence-electron chi connectivity index (χ0n) is 65.2. The number of unbranched alkanes of at least 4 members (excludes halogenated alkanes) is 27. The highest BCUT2D eigenvalue weighted by Gasteiger charge is 2.30. The van der Waals surface area contributed by atoms with Crippen LogP contribution in [0.25, 0.3) is 0 Å². The van der Waals surface area contributed by atoms with Crippen LogP contribution < -0.4 is 0 Å². The maximum atomic E-state index is 13.1. The first-order valence-corrected chi connectivity index (χ1v) is 43.4. The highest BCUT2D eigenvalue weighted by atomic mass is 31.2. The van der Waals surface area contributed by atoms with Crippen LogP contribution in [0.5, 0.6) is 0 Å². The third-order valence-electron chi connectivity index (χ3n) is 16.5. The Morgan fingerprint density at radius 3 is 0.808 bits per heavy atom. The molecule has 0 spiro atoms. The summed E-state index contributed by atoms with van der Waals surface area (Å²) < 4.78 is 68.6. The van der Waals surface area contributed by atoms with Crippen LogP contribution >= 0.6 is 15.6 Å². The Balaban J connectivity index is 5.40. The van der Waals surface area contributed by atoms with Crippen molar-refractivity contribution in [2.24, 2.45) is 0 Å². The van der Waals surface area contributed by atoms with E-state index in [2.05, 4.69) is 161 Å². The van der Waals surface area contributed by atoms with Gasteiger partial charge in [0.05, 0.1) is 26.4 Å². The quantitative estimate of drug-likeness (QED) is 0.0169. The van der Waals surface area contributed by atoms with Gasteiger partial charge in [0.25, 0.3) is 0 Å². The first-order chi connectivity index (χ1) is 50.7. The molecule has 0 aliphatic carbocycles. The average Bonchev–Trinajstić information content (AvgIpc) is 0.918. The minimum Gasteiger partial charge on any atom is -0.462 e. The molecule has 0 amide bonds. The number of carbonyl (C=O) groups is 4. The Morgan fingerprint density at radius 1 is 0.279 bits per heavy atom. The standard InChI is InChI=1S/C85H144O17P2/c1-5-9-13-17-21-25-29-33-36-38-39-41-44-47-50-54-58-62-66-70-83(88)96-76-81(102-85(90)72-68-64-60-56-52-48-42-35-31-27-23-19-15-11-7-3)78-100-104(93,94)98-74-79(86)73-97-103(91,92)99-77-80(101-84(89)71-67-63-59-55-51-45-32-28-24-20-16-12-8-4)75-95-82(87)69-65-61-57-53-49-46-43-40-37-34-30-26-22-18-14-10-6-2/h10,14,16,20-23,25-28,32-37,39,41-43,46,79-81,86H,5-9,11-13,15,17-19,24,29-31,38,40,44-45,47-78H2,1-4H3,(H,91,92)(H,93,94)/b14-10-,20-16-,25-21-,26-22-,27-23-,32-28-,36-33-,37-34-,41-39-,42-35-,46-43-. The summed E-state index contributed by atoms with van der Waals surface area (Å²) in [5.41, 5.74) is 0. The molecule has 0 fully saturated rings. The first kappa shape index (κ1) is 99.2. The van der Waals surface area contributed by atoms with Crippen molar-refractivity contribution in [3.05, 3.63) is 134 Å². The third kappa shape index (κ3) is 75.4. The molecular weight excluding hydrogens is 1350 g/mol. The molecule has 0 heterocycles. The number of aliphatic hydroxyl groups is 1. The van der Waals surface area contributed by atoms with Gasteiger partial charge in [-0.15, -0.1) is 0 Å². The van der Waals surface area contributed by atoms with Crippen LogP contribution in [0.15, 0.2) is 134 Å². The summed E-state index contributed by atoms with van der Waals surface area (Å²) >= 11 is 0. The van der Waals surface area contributed by atoms with Gasteiger partial charge in [-0.3, -0.25) is 37.3 Å². The fraction of sp³-hybridized carbons (Fsp3) is 0.694. The molecule has 596 valence electrons. The van der Waals surface area contributed by atoms with Gasteiger partial charge in [-0.05, 0) is 161 Å². The van der Waals surface area contributed by atoms with E-state index in [9.17, 15) is 43.2 Å². The molecule has 0 rings (SSSR count). The Kier molecular flexibility index (Phi) is 72.9. The molecule has 0 aromatic carbocycles. The molecule has 5 atom stereocenters. The van der Waals surface area contributed by atoms with Crippen LogP contribution in [0, 0.1) is 0 Å².